The van der Waals surface area contributed by atoms with Gasteiger partial charge in [0, 0.05) is 13.1 Å². The smallest absolute Gasteiger partial charge is 0.238 e. The molecule has 1 saturated heterocycles. The number of nitrogens with zero attached hydrogens (tertiary/aromatic N) is 2. The number of benzene rings is 1. The second-order valence-corrected chi connectivity index (χ2v) is 5.77. The topological polar surface area (TPSA) is 71.2 Å². The summed E-state index contributed by atoms with van der Waals surface area (Å²) in [6.07, 6.45) is 1.89. The van der Waals surface area contributed by atoms with Crippen LogP contribution in [-0.4, -0.2) is 24.0 Å². The fourth-order valence-electron chi connectivity index (χ4n) is 2.48. The predicted octanol–water partition coefficient (Wildman–Crippen LogP) is 1.50. The molecule has 1 aliphatic rings. The minimum Gasteiger partial charge on any atom is -0.347 e. The average Bonchev–Trinajstić information content (AvgIpc) is 2.90. The van der Waals surface area contributed by atoms with E-state index in [-0.39, 0.29) is 11.8 Å². The Kier molecular flexibility index (Phi) is 3.35. The number of hydrazine groups is 1. The fraction of sp³-hybridized carbons (Fsp3) is 0.385. The van der Waals surface area contributed by atoms with Gasteiger partial charge in [-0.2, -0.15) is 0 Å². The van der Waals surface area contributed by atoms with E-state index >= 15 is 0 Å². The second-order valence-electron chi connectivity index (χ2n) is 4.76. The lowest BCUT2D eigenvalue weighted by Crippen LogP contribution is -2.45. The molecule has 0 saturated carbocycles. The number of carbonyl (C=O) groups excluding carboxylic acids is 1. The minimum atomic E-state index is -0.0780. The van der Waals surface area contributed by atoms with Gasteiger partial charge in [0.25, 0.3) is 0 Å². The third-order valence-electron chi connectivity index (χ3n) is 3.49. The Morgan fingerprint density at radius 2 is 2.32 bits per heavy atom. The molecule has 1 aliphatic heterocycles. The monoisotopic (exact) mass is 276 g/mol. The van der Waals surface area contributed by atoms with Gasteiger partial charge in [-0.25, -0.2) is 10.8 Å². The lowest BCUT2D eigenvalue weighted by molar-refractivity contribution is -0.125. The summed E-state index contributed by atoms with van der Waals surface area (Å²) < 4.78 is 1.18. The zero-order valence-corrected chi connectivity index (χ0v) is 11.3. The van der Waals surface area contributed by atoms with Crippen LogP contribution < -0.4 is 16.2 Å². The summed E-state index contributed by atoms with van der Waals surface area (Å²) in [6, 6.07) is 8.10. The van der Waals surface area contributed by atoms with E-state index in [0.29, 0.717) is 6.54 Å². The van der Waals surface area contributed by atoms with Crippen molar-refractivity contribution in [3.63, 3.8) is 0 Å². The van der Waals surface area contributed by atoms with Crippen LogP contribution >= 0.6 is 11.3 Å². The third-order valence-corrected chi connectivity index (χ3v) is 4.58. The zero-order valence-electron chi connectivity index (χ0n) is 10.5. The maximum Gasteiger partial charge on any atom is 0.238 e. The normalized spacial score (nSPS) is 19.6. The van der Waals surface area contributed by atoms with Crippen molar-refractivity contribution in [3.8, 4) is 0 Å². The minimum absolute atomic E-state index is 0.0363. The first-order chi connectivity index (χ1) is 9.28. The predicted molar refractivity (Wildman–Crippen MR) is 76.9 cm³/mol. The number of anilines is 1. The van der Waals surface area contributed by atoms with Gasteiger partial charge in [0.15, 0.2) is 5.13 Å². The largest absolute Gasteiger partial charge is 0.347 e. The van der Waals surface area contributed by atoms with E-state index in [1.165, 1.54) is 4.70 Å². The van der Waals surface area contributed by atoms with Gasteiger partial charge >= 0.3 is 0 Å². The molecular weight excluding hydrogens is 260 g/mol. The number of aromatic nitrogens is 1. The highest BCUT2D eigenvalue weighted by Crippen LogP contribution is 2.31. The fourth-order valence-corrected chi connectivity index (χ4v) is 3.48. The van der Waals surface area contributed by atoms with E-state index in [2.05, 4.69) is 21.4 Å². The number of hydrogen-bond donors (Lipinski definition) is 2. The molecule has 6 heteroatoms. The van der Waals surface area contributed by atoms with Crippen molar-refractivity contribution in [3.05, 3.63) is 24.3 Å². The van der Waals surface area contributed by atoms with E-state index in [4.69, 9.17) is 5.84 Å². The van der Waals surface area contributed by atoms with Gasteiger partial charge in [-0.3, -0.25) is 10.2 Å². The molecule has 0 radical (unpaired) electrons. The van der Waals surface area contributed by atoms with Crippen LogP contribution in [0.25, 0.3) is 10.2 Å². The van der Waals surface area contributed by atoms with Crippen molar-refractivity contribution in [1.82, 2.24) is 10.4 Å². The first-order valence-electron chi connectivity index (χ1n) is 6.39. The molecule has 3 rings (SSSR count). The van der Waals surface area contributed by atoms with Crippen LogP contribution in [0.1, 0.15) is 12.8 Å². The van der Waals surface area contributed by atoms with Gasteiger partial charge in [-0.15, -0.1) is 0 Å². The summed E-state index contributed by atoms with van der Waals surface area (Å²) >= 11 is 1.68. The summed E-state index contributed by atoms with van der Waals surface area (Å²) in [5.74, 6) is 5.10. The number of thiazole rings is 1. The molecule has 1 amide bonds. The number of para-hydroxylation sites is 1. The van der Waals surface area contributed by atoms with E-state index in [9.17, 15) is 4.79 Å². The SMILES string of the molecule is NNC(=O)[C@H]1CCCN(c2nc3ccccc3s2)C1. The van der Waals surface area contributed by atoms with Crippen LogP contribution in [0, 0.1) is 5.92 Å². The van der Waals surface area contributed by atoms with Crippen LogP contribution in [0.2, 0.25) is 0 Å². The van der Waals surface area contributed by atoms with Gasteiger partial charge in [0.1, 0.15) is 0 Å². The van der Waals surface area contributed by atoms with Crippen molar-refractivity contribution < 1.29 is 4.79 Å². The molecule has 100 valence electrons. The number of carbonyl (C=O) groups is 1. The van der Waals surface area contributed by atoms with E-state index < -0.39 is 0 Å². The molecule has 1 aromatic heterocycles. The number of hydrogen-bond acceptors (Lipinski definition) is 5. The maximum atomic E-state index is 11.6. The third kappa shape index (κ3) is 2.41. The van der Waals surface area contributed by atoms with Crippen molar-refractivity contribution in [2.45, 2.75) is 12.8 Å². The highest BCUT2D eigenvalue weighted by molar-refractivity contribution is 7.22. The first kappa shape index (κ1) is 12.4. The lowest BCUT2D eigenvalue weighted by Gasteiger charge is -2.31. The second kappa shape index (κ2) is 5.14. The Labute approximate surface area is 115 Å². The summed E-state index contributed by atoms with van der Waals surface area (Å²) in [7, 11) is 0. The van der Waals surface area contributed by atoms with Crippen molar-refractivity contribution >= 4 is 32.6 Å². The number of nitrogens with one attached hydrogen (secondary N) is 1. The summed E-state index contributed by atoms with van der Waals surface area (Å²) in [6.45, 7) is 1.65. The van der Waals surface area contributed by atoms with E-state index in [0.717, 1.165) is 30.0 Å². The quantitative estimate of drug-likeness (QED) is 0.495. The molecule has 5 nitrogen and oxygen atoms in total. The molecule has 0 unspecified atom stereocenters. The summed E-state index contributed by atoms with van der Waals surface area (Å²) in [5.41, 5.74) is 3.27. The first-order valence-corrected chi connectivity index (χ1v) is 7.20. The molecule has 0 aliphatic carbocycles. The molecule has 19 heavy (non-hydrogen) atoms. The van der Waals surface area contributed by atoms with Crippen molar-refractivity contribution in [2.24, 2.45) is 11.8 Å². The Bertz CT molecular complexity index is 564. The van der Waals surface area contributed by atoms with Crippen LogP contribution in [-0.2, 0) is 4.79 Å². The molecular formula is C13H16N4OS. The van der Waals surface area contributed by atoms with E-state index in [1.54, 1.807) is 11.3 Å². The molecule has 1 aromatic carbocycles. The summed E-state index contributed by atoms with van der Waals surface area (Å²) in [4.78, 5) is 18.5. The van der Waals surface area contributed by atoms with Gasteiger partial charge in [0.2, 0.25) is 5.91 Å². The number of nitrogens with two attached hydrogens (primary N) is 1. The number of rotatable bonds is 2. The number of piperidine rings is 1. The van der Waals surface area contributed by atoms with Crippen LogP contribution in [0.5, 0.6) is 0 Å². The Morgan fingerprint density at radius 1 is 1.47 bits per heavy atom. The lowest BCUT2D eigenvalue weighted by atomic mass is 9.98. The van der Waals surface area contributed by atoms with Crippen molar-refractivity contribution in [2.75, 3.05) is 18.0 Å². The Balaban J connectivity index is 1.83. The summed E-state index contributed by atoms with van der Waals surface area (Å²) in [5, 5.41) is 0.996. The standard InChI is InChI=1S/C13H16N4OS/c14-16-12(18)9-4-3-7-17(8-9)13-15-10-5-1-2-6-11(10)19-13/h1-2,5-6,9H,3-4,7-8,14H2,(H,16,18)/t9-/m0/s1. The zero-order chi connectivity index (χ0) is 13.2. The van der Waals surface area contributed by atoms with Crippen LogP contribution in [0.4, 0.5) is 5.13 Å². The molecule has 2 heterocycles. The number of amides is 1. The molecule has 2 aromatic rings. The average molecular weight is 276 g/mol. The van der Waals surface area contributed by atoms with Gasteiger partial charge < -0.3 is 4.90 Å². The van der Waals surface area contributed by atoms with Crippen LogP contribution in [0.3, 0.4) is 0 Å². The molecule has 0 spiro atoms. The molecule has 0 bridgehead atoms. The van der Waals surface area contributed by atoms with Gasteiger partial charge in [-0.1, -0.05) is 23.5 Å². The van der Waals surface area contributed by atoms with Crippen LogP contribution in [0.15, 0.2) is 24.3 Å². The van der Waals surface area contributed by atoms with Gasteiger partial charge in [-0.05, 0) is 25.0 Å². The van der Waals surface area contributed by atoms with Crippen molar-refractivity contribution in [1.29, 1.82) is 0 Å². The highest BCUT2D eigenvalue weighted by atomic mass is 32.1. The Hall–Kier alpha value is -1.66. The van der Waals surface area contributed by atoms with E-state index in [1.807, 2.05) is 18.2 Å². The number of fused-ring (bicyclic) bond motifs is 1. The Morgan fingerprint density at radius 3 is 3.11 bits per heavy atom. The van der Waals surface area contributed by atoms with Gasteiger partial charge in [0.05, 0.1) is 16.1 Å². The maximum absolute atomic E-state index is 11.6. The molecule has 1 fully saturated rings. The molecule has 3 N–H and O–H groups in total. The highest BCUT2D eigenvalue weighted by Gasteiger charge is 2.26. The molecule has 1 atom stereocenters.